The molecule has 7 aromatic carbocycles. The van der Waals surface area contributed by atoms with Gasteiger partial charge in [0.25, 0.3) is 0 Å². The van der Waals surface area contributed by atoms with Gasteiger partial charge in [-0.25, -0.2) is 0 Å². The number of allylic oxidation sites excluding steroid dienone is 1. The van der Waals surface area contributed by atoms with Gasteiger partial charge in [0.2, 0.25) is 0 Å². The third-order valence-corrected chi connectivity index (χ3v) is 10.4. The van der Waals surface area contributed by atoms with Crippen molar-refractivity contribution in [2.24, 2.45) is 4.99 Å². The van der Waals surface area contributed by atoms with E-state index in [0.717, 1.165) is 11.3 Å². The highest BCUT2D eigenvalue weighted by Crippen LogP contribution is 2.50. The summed E-state index contributed by atoms with van der Waals surface area (Å²) in [7, 11) is 0. The van der Waals surface area contributed by atoms with Crippen LogP contribution in [0.15, 0.2) is 162 Å². The molecular weight excluding hydrogens is 539 g/mol. The summed E-state index contributed by atoms with van der Waals surface area (Å²) in [5.74, 6) is 0.299. The lowest BCUT2D eigenvalue weighted by Crippen LogP contribution is -2.25. The monoisotopic (exact) mass is 565 g/mol. The Hall–Kier alpha value is -4.92. The fourth-order valence-electron chi connectivity index (χ4n) is 6.98. The molecule has 2 aliphatic heterocycles. The number of hydrogen-bond donors (Lipinski definition) is 0. The molecule has 0 spiro atoms. The van der Waals surface area contributed by atoms with Crippen LogP contribution in [-0.4, -0.2) is 11.0 Å². The quantitative estimate of drug-likeness (QED) is 0.194. The number of thioether (sulfide) groups is 1. The molecule has 1 nitrogen and oxygen atoms in total. The van der Waals surface area contributed by atoms with Gasteiger partial charge in [-0.05, 0) is 78.8 Å². The average molecular weight is 566 g/mol. The molecule has 0 saturated carbocycles. The zero-order chi connectivity index (χ0) is 28.3. The van der Waals surface area contributed by atoms with Gasteiger partial charge in [0.1, 0.15) is 0 Å². The van der Waals surface area contributed by atoms with E-state index in [-0.39, 0.29) is 5.25 Å². The van der Waals surface area contributed by atoms with Crippen LogP contribution in [0.25, 0.3) is 49.1 Å². The molecule has 0 fully saturated rings. The Morgan fingerprint density at radius 1 is 0.442 bits per heavy atom. The van der Waals surface area contributed by atoms with Crippen molar-refractivity contribution in [1.29, 1.82) is 0 Å². The molecule has 0 amide bonds. The maximum Gasteiger partial charge on any atom is 0.0673 e. The van der Waals surface area contributed by atoms with Gasteiger partial charge in [-0.3, -0.25) is 4.99 Å². The zero-order valence-corrected chi connectivity index (χ0v) is 24.3. The largest absolute Gasteiger partial charge is 0.251 e. The van der Waals surface area contributed by atoms with E-state index in [4.69, 9.17) is 4.99 Å². The summed E-state index contributed by atoms with van der Waals surface area (Å²) in [6.45, 7) is 0. The van der Waals surface area contributed by atoms with Gasteiger partial charge < -0.3 is 0 Å². The Kier molecular flexibility index (Phi) is 5.64. The molecule has 2 atom stereocenters. The van der Waals surface area contributed by atoms with Crippen molar-refractivity contribution in [3.05, 3.63) is 168 Å². The van der Waals surface area contributed by atoms with E-state index < -0.39 is 0 Å². The summed E-state index contributed by atoms with van der Waals surface area (Å²) in [6.07, 6.45) is 2.40. The van der Waals surface area contributed by atoms with E-state index in [1.165, 1.54) is 65.2 Å². The summed E-state index contributed by atoms with van der Waals surface area (Å²) in [6, 6.07) is 53.0. The van der Waals surface area contributed by atoms with Crippen LogP contribution in [0.3, 0.4) is 0 Å². The van der Waals surface area contributed by atoms with E-state index in [0.29, 0.717) is 5.92 Å². The van der Waals surface area contributed by atoms with Gasteiger partial charge >= 0.3 is 0 Å². The molecule has 2 unspecified atom stereocenters. The smallest absolute Gasteiger partial charge is 0.0673 e. The van der Waals surface area contributed by atoms with Crippen molar-refractivity contribution in [3.8, 4) is 11.1 Å². The fourth-order valence-corrected chi connectivity index (χ4v) is 8.43. The van der Waals surface area contributed by atoms with Crippen LogP contribution in [0, 0.1) is 0 Å². The fraction of sp³-hybridized carbons (Fsp3) is 0.0488. The first kappa shape index (κ1) is 24.7. The Balaban J connectivity index is 1.19. The minimum atomic E-state index is 0.287. The van der Waals surface area contributed by atoms with Crippen molar-refractivity contribution in [3.63, 3.8) is 0 Å². The van der Waals surface area contributed by atoms with Crippen molar-refractivity contribution >= 4 is 55.5 Å². The first-order chi connectivity index (χ1) is 21.3. The summed E-state index contributed by atoms with van der Waals surface area (Å²) in [5, 5.41) is 8.08. The second kappa shape index (κ2) is 9.83. The van der Waals surface area contributed by atoms with Crippen LogP contribution < -0.4 is 0 Å². The third kappa shape index (κ3) is 3.98. The molecule has 7 aromatic rings. The van der Waals surface area contributed by atoms with Crippen LogP contribution in [0.5, 0.6) is 0 Å². The first-order valence-corrected chi connectivity index (χ1v) is 15.8. The molecule has 2 aliphatic rings. The van der Waals surface area contributed by atoms with Gasteiger partial charge in [-0.2, -0.15) is 0 Å². The van der Waals surface area contributed by atoms with Crippen LogP contribution in [-0.2, 0) is 0 Å². The lowest BCUT2D eigenvalue weighted by Gasteiger charge is -2.25. The molecule has 0 saturated heterocycles. The molecule has 0 radical (unpaired) electrons. The lowest BCUT2D eigenvalue weighted by molar-refractivity contribution is 0.903. The molecule has 2 heterocycles. The van der Waals surface area contributed by atoms with E-state index in [1.807, 2.05) is 11.8 Å². The van der Waals surface area contributed by atoms with Crippen molar-refractivity contribution in [1.82, 2.24) is 0 Å². The van der Waals surface area contributed by atoms with Crippen LogP contribution in [0.4, 0.5) is 0 Å². The van der Waals surface area contributed by atoms with Gasteiger partial charge in [0, 0.05) is 16.4 Å². The minimum Gasteiger partial charge on any atom is -0.251 e. The molecule has 0 N–H and O–H groups in total. The van der Waals surface area contributed by atoms with Crippen LogP contribution >= 0.6 is 11.8 Å². The number of fused-ring (bicyclic) bond motifs is 9. The third-order valence-electron chi connectivity index (χ3n) is 9.01. The Labute approximate surface area is 255 Å². The van der Waals surface area contributed by atoms with Gasteiger partial charge in [0.05, 0.1) is 16.7 Å². The van der Waals surface area contributed by atoms with Crippen molar-refractivity contribution in [2.45, 2.75) is 16.1 Å². The number of hydrogen-bond acceptors (Lipinski definition) is 2. The van der Waals surface area contributed by atoms with Crippen LogP contribution in [0.1, 0.15) is 22.6 Å². The van der Waals surface area contributed by atoms with E-state index in [1.54, 1.807) is 0 Å². The second-order valence-corrected chi connectivity index (χ2v) is 12.6. The van der Waals surface area contributed by atoms with Gasteiger partial charge in [-0.15, -0.1) is 11.8 Å². The topological polar surface area (TPSA) is 12.4 Å². The van der Waals surface area contributed by atoms with Crippen molar-refractivity contribution in [2.75, 3.05) is 0 Å². The zero-order valence-electron chi connectivity index (χ0n) is 23.4. The normalized spacial score (nSPS) is 17.5. The number of rotatable bonds is 3. The molecule has 0 aromatic heterocycles. The predicted molar refractivity (Wildman–Crippen MR) is 184 cm³/mol. The number of aliphatic imine (C=N–C) groups is 1. The first-order valence-electron chi connectivity index (χ1n) is 14.9. The van der Waals surface area contributed by atoms with Crippen molar-refractivity contribution < 1.29 is 0 Å². The minimum absolute atomic E-state index is 0.287. The molecule has 2 heteroatoms. The maximum atomic E-state index is 5.36. The standard InChI is InChI=1S/C41H27NS/c1-2-11-26(12-3-1)40-41-37(35-19-8-9-20-39(35)43-41)25-38(42-40)29-14-10-13-27(23-29)28-21-22-34-32-17-5-4-15-30(32)31-16-6-7-18-33(31)36(34)24-28/h1-25,37,41H. The Morgan fingerprint density at radius 3 is 1.79 bits per heavy atom. The maximum absolute atomic E-state index is 5.36. The molecule has 0 bridgehead atoms. The van der Waals surface area contributed by atoms with Gasteiger partial charge in [0.15, 0.2) is 0 Å². The summed E-state index contributed by atoms with van der Waals surface area (Å²) >= 11 is 1.95. The molecule has 0 aliphatic carbocycles. The summed E-state index contributed by atoms with van der Waals surface area (Å²) in [4.78, 5) is 6.73. The molecule has 9 rings (SSSR count). The number of benzene rings is 7. The summed E-state index contributed by atoms with van der Waals surface area (Å²) < 4.78 is 0. The average Bonchev–Trinajstić information content (AvgIpc) is 3.47. The lowest BCUT2D eigenvalue weighted by atomic mass is 9.86. The number of nitrogens with zero attached hydrogens (tertiary/aromatic N) is 1. The highest BCUT2D eigenvalue weighted by molar-refractivity contribution is 8.01. The van der Waals surface area contributed by atoms with Gasteiger partial charge in [-0.1, -0.05) is 127 Å². The molecular formula is C41H27NS. The molecule has 202 valence electrons. The second-order valence-electron chi connectivity index (χ2n) is 11.4. The van der Waals surface area contributed by atoms with Crippen LogP contribution in [0.2, 0.25) is 0 Å². The highest BCUT2D eigenvalue weighted by atomic mass is 32.2. The Morgan fingerprint density at radius 2 is 1.02 bits per heavy atom. The molecule has 43 heavy (non-hydrogen) atoms. The highest BCUT2D eigenvalue weighted by Gasteiger charge is 2.38. The van der Waals surface area contributed by atoms with E-state index in [9.17, 15) is 0 Å². The predicted octanol–water partition coefficient (Wildman–Crippen LogP) is 10.9. The van der Waals surface area contributed by atoms with E-state index >= 15 is 0 Å². The van der Waals surface area contributed by atoms with E-state index in [2.05, 4.69) is 152 Å². The Bertz CT molecular complexity index is 2240. The summed E-state index contributed by atoms with van der Waals surface area (Å²) in [5.41, 5.74) is 8.41. The SMILES string of the molecule is C1=C(c2cccc(-c3ccc4c5ccccc5c5ccccc5c4c3)c2)N=C(c2ccccc2)C2Sc3ccccc3C12.